The van der Waals surface area contributed by atoms with Gasteiger partial charge in [0.1, 0.15) is 11.9 Å². The SMILES string of the molecule is Cl.Clc1ccc(OC2CCN(Cc3ccccc3)C2)cc1. The van der Waals surface area contributed by atoms with Crippen LogP contribution >= 0.6 is 24.0 Å². The summed E-state index contributed by atoms with van der Waals surface area (Å²) in [6.45, 7) is 3.08. The molecule has 0 saturated carbocycles. The van der Waals surface area contributed by atoms with E-state index in [1.54, 1.807) is 0 Å². The summed E-state index contributed by atoms with van der Waals surface area (Å²) in [5, 5.41) is 0.745. The highest BCUT2D eigenvalue weighted by atomic mass is 35.5. The molecule has 0 aromatic heterocycles. The third kappa shape index (κ3) is 4.63. The van der Waals surface area contributed by atoms with Crippen molar-refractivity contribution in [3.05, 3.63) is 65.2 Å². The lowest BCUT2D eigenvalue weighted by molar-refractivity contribution is 0.198. The molecule has 0 aliphatic carbocycles. The average Bonchev–Trinajstić information content (AvgIpc) is 2.90. The number of hydrogen-bond donors (Lipinski definition) is 0. The van der Waals surface area contributed by atoms with Gasteiger partial charge in [0.05, 0.1) is 0 Å². The molecule has 0 spiro atoms. The molecular weight excluding hydrogens is 305 g/mol. The van der Waals surface area contributed by atoms with Crippen molar-refractivity contribution in [2.24, 2.45) is 0 Å². The van der Waals surface area contributed by atoms with Gasteiger partial charge in [-0.05, 0) is 36.2 Å². The third-order valence-corrected chi connectivity index (χ3v) is 3.85. The summed E-state index contributed by atoms with van der Waals surface area (Å²) in [6, 6.07) is 18.2. The summed E-state index contributed by atoms with van der Waals surface area (Å²) in [7, 11) is 0. The normalized spacial score (nSPS) is 18.2. The molecule has 2 aromatic carbocycles. The zero-order chi connectivity index (χ0) is 13.8. The molecule has 1 saturated heterocycles. The van der Waals surface area contributed by atoms with Gasteiger partial charge in [0.15, 0.2) is 0 Å². The number of ether oxygens (including phenoxy) is 1. The topological polar surface area (TPSA) is 12.5 Å². The number of rotatable bonds is 4. The Bertz CT molecular complexity index is 544. The molecule has 3 rings (SSSR count). The first kappa shape index (κ1) is 16.2. The molecule has 0 bridgehead atoms. The van der Waals surface area contributed by atoms with E-state index in [2.05, 4.69) is 35.2 Å². The van der Waals surface area contributed by atoms with Crippen LogP contribution in [0, 0.1) is 0 Å². The molecule has 1 heterocycles. The van der Waals surface area contributed by atoms with Crippen LogP contribution in [0.25, 0.3) is 0 Å². The van der Waals surface area contributed by atoms with Crippen LogP contribution < -0.4 is 4.74 Å². The van der Waals surface area contributed by atoms with Crippen LogP contribution in [0.15, 0.2) is 54.6 Å². The Morgan fingerprint density at radius 3 is 2.48 bits per heavy atom. The van der Waals surface area contributed by atoms with Crippen molar-refractivity contribution in [1.82, 2.24) is 4.90 Å². The highest BCUT2D eigenvalue weighted by Gasteiger charge is 2.23. The molecular formula is C17H19Cl2NO. The first-order valence-electron chi connectivity index (χ1n) is 6.98. The van der Waals surface area contributed by atoms with E-state index in [4.69, 9.17) is 16.3 Å². The Labute approximate surface area is 137 Å². The van der Waals surface area contributed by atoms with Gasteiger partial charge >= 0.3 is 0 Å². The first-order chi connectivity index (χ1) is 9.79. The van der Waals surface area contributed by atoms with Gasteiger partial charge in [0, 0.05) is 24.7 Å². The number of nitrogens with zero attached hydrogens (tertiary/aromatic N) is 1. The number of benzene rings is 2. The standard InChI is InChI=1S/C17H18ClNO.ClH/c18-15-6-8-16(9-7-15)20-17-10-11-19(13-17)12-14-4-2-1-3-5-14;/h1-9,17H,10-13H2;1H. The van der Waals surface area contributed by atoms with E-state index < -0.39 is 0 Å². The molecule has 2 nitrogen and oxygen atoms in total. The van der Waals surface area contributed by atoms with E-state index in [1.165, 1.54) is 5.56 Å². The fourth-order valence-corrected chi connectivity index (χ4v) is 2.71. The van der Waals surface area contributed by atoms with Crippen molar-refractivity contribution in [2.45, 2.75) is 19.1 Å². The van der Waals surface area contributed by atoms with Gasteiger partial charge in [-0.25, -0.2) is 0 Å². The van der Waals surface area contributed by atoms with E-state index in [9.17, 15) is 0 Å². The van der Waals surface area contributed by atoms with Crippen molar-refractivity contribution >= 4 is 24.0 Å². The van der Waals surface area contributed by atoms with Crippen LogP contribution in [0.4, 0.5) is 0 Å². The largest absolute Gasteiger partial charge is 0.489 e. The van der Waals surface area contributed by atoms with Gasteiger partial charge in [0.2, 0.25) is 0 Å². The zero-order valence-corrected chi connectivity index (χ0v) is 13.3. The lowest BCUT2D eigenvalue weighted by Crippen LogP contribution is -2.24. The Kier molecular flexibility index (Phi) is 5.92. The van der Waals surface area contributed by atoms with Crippen molar-refractivity contribution in [3.63, 3.8) is 0 Å². The fraction of sp³-hybridized carbons (Fsp3) is 0.294. The maximum Gasteiger partial charge on any atom is 0.119 e. The smallest absolute Gasteiger partial charge is 0.119 e. The highest BCUT2D eigenvalue weighted by Crippen LogP contribution is 2.21. The summed E-state index contributed by atoms with van der Waals surface area (Å²) in [6.07, 6.45) is 1.36. The number of hydrogen-bond acceptors (Lipinski definition) is 2. The monoisotopic (exact) mass is 323 g/mol. The summed E-state index contributed by atoms with van der Waals surface area (Å²) in [5.41, 5.74) is 1.36. The van der Waals surface area contributed by atoms with E-state index in [0.29, 0.717) is 0 Å². The Morgan fingerprint density at radius 2 is 1.76 bits per heavy atom. The molecule has 4 heteroatoms. The summed E-state index contributed by atoms with van der Waals surface area (Å²) in [5.74, 6) is 0.904. The molecule has 1 aliphatic rings. The van der Waals surface area contributed by atoms with Crippen LogP contribution in [0.5, 0.6) is 5.75 Å². The lowest BCUT2D eigenvalue weighted by Gasteiger charge is -2.17. The molecule has 1 unspecified atom stereocenters. The van der Waals surface area contributed by atoms with Crippen molar-refractivity contribution in [1.29, 1.82) is 0 Å². The van der Waals surface area contributed by atoms with E-state index in [-0.39, 0.29) is 18.5 Å². The van der Waals surface area contributed by atoms with Gasteiger partial charge in [0.25, 0.3) is 0 Å². The number of likely N-dealkylation sites (tertiary alicyclic amines) is 1. The maximum absolute atomic E-state index is 6.00. The predicted molar refractivity (Wildman–Crippen MR) is 89.5 cm³/mol. The van der Waals surface area contributed by atoms with Crippen LogP contribution in [-0.4, -0.2) is 24.1 Å². The zero-order valence-electron chi connectivity index (χ0n) is 11.7. The second-order valence-corrected chi connectivity index (χ2v) is 5.64. The summed E-state index contributed by atoms with van der Waals surface area (Å²) >= 11 is 5.88. The quantitative estimate of drug-likeness (QED) is 0.826. The van der Waals surface area contributed by atoms with Crippen LogP contribution in [-0.2, 0) is 6.54 Å². The number of halogens is 2. The summed E-state index contributed by atoms with van der Waals surface area (Å²) < 4.78 is 6.00. The van der Waals surface area contributed by atoms with E-state index in [0.717, 1.165) is 36.8 Å². The molecule has 0 amide bonds. The van der Waals surface area contributed by atoms with Crippen LogP contribution in [0.3, 0.4) is 0 Å². The Balaban J connectivity index is 0.00000161. The minimum Gasteiger partial charge on any atom is -0.489 e. The Morgan fingerprint density at radius 1 is 1.05 bits per heavy atom. The highest BCUT2D eigenvalue weighted by molar-refractivity contribution is 6.30. The minimum atomic E-state index is 0. The molecule has 112 valence electrons. The molecule has 1 fully saturated rings. The van der Waals surface area contributed by atoms with Crippen molar-refractivity contribution < 1.29 is 4.74 Å². The average molecular weight is 324 g/mol. The van der Waals surface area contributed by atoms with Gasteiger partial charge in [-0.3, -0.25) is 4.90 Å². The van der Waals surface area contributed by atoms with Crippen molar-refractivity contribution in [2.75, 3.05) is 13.1 Å². The second-order valence-electron chi connectivity index (χ2n) is 5.20. The van der Waals surface area contributed by atoms with Gasteiger partial charge in [-0.15, -0.1) is 12.4 Å². The predicted octanol–water partition coefficient (Wildman–Crippen LogP) is 4.42. The molecule has 2 aromatic rings. The van der Waals surface area contributed by atoms with E-state index >= 15 is 0 Å². The van der Waals surface area contributed by atoms with Gasteiger partial charge < -0.3 is 4.74 Å². The lowest BCUT2D eigenvalue weighted by atomic mass is 10.2. The molecule has 0 N–H and O–H groups in total. The van der Waals surface area contributed by atoms with Crippen LogP contribution in [0.2, 0.25) is 5.02 Å². The molecule has 0 radical (unpaired) electrons. The van der Waals surface area contributed by atoms with Gasteiger partial charge in [-0.1, -0.05) is 41.9 Å². The maximum atomic E-state index is 6.00. The summed E-state index contributed by atoms with van der Waals surface area (Å²) in [4.78, 5) is 2.44. The third-order valence-electron chi connectivity index (χ3n) is 3.59. The van der Waals surface area contributed by atoms with Gasteiger partial charge in [-0.2, -0.15) is 0 Å². The fourth-order valence-electron chi connectivity index (χ4n) is 2.58. The molecule has 21 heavy (non-hydrogen) atoms. The van der Waals surface area contributed by atoms with Crippen molar-refractivity contribution in [3.8, 4) is 5.75 Å². The first-order valence-corrected chi connectivity index (χ1v) is 7.36. The molecule has 1 atom stereocenters. The Hall–Kier alpha value is -1.22. The molecule has 1 aliphatic heterocycles. The van der Waals surface area contributed by atoms with Crippen LogP contribution in [0.1, 0.15) is 12.0 Å². The minimum absolute atomic E-state index is 0. The van der Waals surface area contributed by atoms with E-state index in [1.807, 2.05) is 24.3 Å². The second kappa shape index (κ2) is 7.69.